The average molecular weight is 292 g/mol. The van der Waals surface area contributed by atoms with Crippen LogP contribution in [0.5, 0.6) is 5.75 Å². The number of rotatable bonds is 4. The second kappa shape index (κ2) is 5.27. The molecule has 2 nitrogen and oxygen atoms in total. The van der Waals surface area contributed by atoms with Crippen LogP contribution in [0.15, 0.2) is 42.6 Å². The minimum atomic E-state index is 0.685. The Bertz CT molecular complexity index is 701. The molecule has 0 spiro atoms. The summed E-state index contributed by atoms with van der Waals surface area (Å²) in [4.78, 5) is 1.25. The van der Waals surface area contributed by atoms with Crippen LogP contribution in [0.3, 0.4) is 0 Å². The molecule has 2 aromatic heterocycles. The molecule has 4 heteroatoms. The molecule has 0 atom stereocenters. The van der Waals surface area contributed by atoms with Gasteiger partial charge in [0.2, 0.25) is 0 Å². The van der Waals surface area contributed by atoms with Crippen molar-refractivity contribution >= 4 is 33.8 Å². The Balaban J connectivity index is 1.98. The highest BCUT2D eigenvalue weighted by molar-refractivity contribution is 7.16. The molecule has 0 amide bonds. The average Bonchev–Trinajstić information content (AvgIpc) is 2.99. The predicted molar refractivity (Wildman–Crippen MR) is 81.5 cm³/mol. The van der Waals surface area contributed by atoms with Crippen molar-refractivity contribution in [2.24, 2.45) is 0 Å². The Morgan fingerprint density at radius 3 is 2.84 bits per heavy atom. The standard InChI is InChI=1S/C15H14ClNOS/c1-2-18-14-5-3-4-13-12(14)8-9-17(13)10-11-6-7-15(16)19-11/h3-9H,2,10H2,1H3. The predicted octanol–water partition coefficient (Wildman–Crippen LogP) is 4.80. The van der Waals surface area contributed by atoms with Crippen LogP contribution in [0, 0.1) is 0 Å². The van der Waals surface area contributed by atoms with Crippen LogP contribution in [0.2, 0.25) is 4.34 Å². The molecule has 0 bridgehead atoms. The summed E-state index contributed by atoms with van der Waals surface area (Å²) < 4.78 is 8.71. The maximum Gasteiger partial charge on any atom is 0.128 e. The topological polar surface area (TPSA) is 14.2 Å². The smallest absolute Gasteiger partial charge is 0.128 e. The summed E-state index contributed by atoms with van der Waals surface area (Å²) in [6.07, 6.45) is 2.10. The second-order valence-corrected chi connectivity index (χ2v) is 6.07. The number of hydrogen-bond donors (Lipinski definition) is 0. The van der Waals surface area contributed by atoms with Gasteiger partial charge in [-0.2, -0.15) is 0 Å². The zero-order valence-corrected chi connectivity index (χ0v) is 12.2. The molecule has 0 aliphatic carbocycles. The molecule has 3 rings (SSSR count). The van der Waals surface area contributed by atoms with Crippen LogP contribution in [-0.2, 0) is 6.54 Å². The summed E-state index contributed by atoms with van der Waals surface area (Å²) in [5, 5.41) is 1.16. The summed E-state index contributed by atoms with van der Waals surface area (Å²) >= 11 is 7.60. The lowest BCUT2D eigenvalue weighted by molar-refractivity contribution is 0.344. The molecule has 2 heterocycles. The van der Waals surface area contributed by atoms with Gasteiger partial charge in [0.05, 0.1) is 23.0 Å². The molecular formula is C15H14ClNOS. The van der Waals surface area contributed by atoms with Crippen molar-refractivity contribution in [1.29, 1.82) is 0 Å². The first-order valence-electron chi connectivity index (χ1n) is 6.23. The van der Waals surface area contributed by atoms with E-state index in [-0.39, 0.29) is 0 Å². The molecule has 0 saturated carbocycles. The lowest BCUT2D eigenvalue weighted by Crippen LogP contribution is -1.96. The first-order chi connectivity index (χ1) is 9.28. The minimum Gasteiger partial charge on any atom is -0.493 e. The highest BCUT2D eigenvalue weighted by Crippen LogP contribution is 2.28. The van der Waals surface area contributed by atoms with Gasteiger partial charge in [0.1, 0.15) is 5.75 Å². The normalized spacial score (nSPS) is 11.1. The van der Waals surface area contributed by atoms with E-state index in [1.54, 1.807) is 11.3 Å². The third kappa shape index (κ3) is 2.48. The molecule has 3 aromatic rings. The molecule has 0 radical (unpaired) electrons. The highest BCUT2D eigenvalue weighted by Gasteiger charge is 2.07. The van der Waals surface area contributed by atoms with Gasteiger partial charge >= 0.3 is 0 Å². The van der Waals surface area contributed by atoms with Gasteiger partial charge in [0.25, 0.3) is 0 Å². The van der Waals surface area contributed by atoms with Crippen molar-refractivity contribution in [3.05, 3.63) is 51.8 Å². The van der Waals surface area contributed by atoms with Crippen LogP contribution in [-0.4, -0.2) is 11.2 Å². The summed E-state index contributed by atoms with van der Waals surface area (Å²) in [5.74, 6) is 0.947. The second-order valence-electron chi connectivity index (χ2n) is 4.27. The number of aromatic nitrogens is 1. The third-order valence-corrected chi connectivity index (χ3v) is 4.24. The van der Waals surface area contributed by atoms with Gasteiger partial charge in [-0.3, -0.25) is 0 Å². The van der Waals surface area contributed by atoms with Gasteiger partial charge < -0.3 is 9.30 Å². The molecule has 0 fully saturated rings. The SMILES string of the molecule is CCOc1cccc2c1ccn2Cc1ccc(Cl)s1. The molecule has 0 unspecified atom stereocenters. The lowest BCUT2D eigenvalue weighted by atomic mass is 10.2. The molecule has 0 aliphatic rings. The number of halogens is 1. The molecule has 19 heavy (non-hydrogen) atoms. The quantitative estimate of drug-likeness (QED) is 0.673. The summed E-state index contributed by atoms with van der Waals surface area (Å²) in [5.41, 5.74) is 1.19. The zero-order valence-electron chi connectivity index (χ0n) is 10.6. The first kappa shape index (κ1) is 12.6. The summed E-state index contributed by atoms with van der Waals surface area (Å²) in [6, 6.07) is 12.3. The van der Waals surface area contributed by atoms with Crippen LogP contribution in [0.4, 0.5) is 0 Å². The number of hydrogen-bond acceptors (Lipinski definition) is 2. The van der Waals surface area contributed by atoms with Crippen molar-refractivity contribution in [3.8, 4) is 5.75 Å². The molecule has 1 aromatic carbocycles. The van der Waals surface area contributed by atoms with E-state index >= 15 is 0 Å². The van der Waals surface area contributed by atoms with E-state index in [2.05, 4.69) is 29.0 Å². The van der Waals surface area contributed by atoms with Gasteiger partial charge in [0, 0.05) is 16.5 Å². The number of nitrogens with zero attached hydrogens (tertiary/aromatic N) is 1. The van der Waals surface area contributed by atoms with Gasteiger partial charge in [0.15, 0.2) is 0 Å². The molecular weight excluding hydrogens is 278 g/mol. The summed E-state index contributed by atoms with van der Waals surface area (Å²) in [7, 11) is 0. The number of thiophene rings is 1. The van der Waals surface area contributed by atoms with Crippen LogP contribution in [0.25, 0.3) is 10.9 Å². The van der Waals surface area contributed by atoms with Gasteiger partial charge in [-0.1, -0.05) is 17.7 Å². The fourth-order valence-electron chi connectivity index (χ4n) is 2.22. The number of fused-ring (bicyclic) bond motifs is 1. The van der Waals surface area contributed by atoms with Crippen molar-refractivity contribution in [3.63, 3.8) is 0 Å². The Morgan fingerprint density at radius 1 is 1.21 bits per heavy atom. The fourth-order valence-corrected chi connectivity index (χ4v) is 3.31. The highest BCUT2D eigenvalue weighted by atomic mass is 35.5. The van der Waals surface area contributed by atoms with Crippen molar-refractivity contribution in [2.75, 3.05) is 6.61 Å². The molecule has 0 N–H and O–H groups in total. The Hall–Kier alpha value is -1.45. The number of ether oxygens (including phenoxy) is 1. The lowest BCUT2D eigenvalue weighted by Gasteiger charge is -2.06. The largest absolute Gasteiger partial charge is 0.493 e. The van der Waals surface area contributed by atoms with Gasteiger partial charge in [-0.05, 0) is 37.3 Å². The first-order valence-corrected chi connectivity index (χ1v) is 7.42. The van der Waals surface area contributed by atoms with Crippen LogP contribution in [0.1, 0.15) is 11.8 Å². The fraction of sp³-hybridized carbons (Fsp3) is 0.200. The van der Waals surface area contributed by atoms with E-state index in [9.17, 15) is 0 Å². The minimum absolute atomic E-state index is 0.685. The van der Waals surface area contributed by atoms with Gasteiger partial charge in [-0.25, -0.2) is 0 Å². The van der Waals surface area contributed by atoms with E-state index < -0.39 is 0 Å². The van der Waals surface area contributed by atoms with Crippen LogP contribution < -0.4 is 4.74 Å². The Morgan fingerprint density at radius 2 is 2.11 bits per heavy atom. The van der Waals surface area contributed by atoms with E-state index in [1.807, 2.05) is 25.1 Å². The maximum atomic E-state index is 5.97. The van der Waals surface area contributed by atoms with E-state index in [0.717, 1.165) is 22.0 Å². The monoisotopic (exact) mass is 291 g/mol. The van der Waals surface area contributed by atoms with Crippen molar-refractivity contribution < 1.29 is 4.74 Å². The van der Waals surface area contributed by atoms with Crippen molar-refractivity contribution in [1.82, 2.24) is 4.57 Å². The van der Waals surface area contributed by atoms with Gasteiger partial charge in [-0.15, -0.1) is 11.3 Å². The van der Waals surface area contributed by atoms with E-state index in [0.29, 0.717) is 6.61 Å². The van der Waals surface area contributed by atoms with Crippen molar-refractivity contribution in [2.45, 2.75) is 13.5 Å². The third-order valence-electron chi connectivity index (χ3n) is 3.03. The summed E-state index contributed by atoms with van der Waals surface area (Å²) in [6.45, 7) is 3.53. The Kier molecular flexibility index (Phi) is 3.49. The van der Waals surface area contributed by atoms with E-state index in [1.165, 1.54) is 10.4 Å². The molecule has 0 saturated heterocycles. The zero-order chi connectivity index (χ0) is 13.2. The number of benzene rings is 1. The molecule has 0 aliphatic heterocycles. The van der Waals surface area contributed by atoms with Crippen LogP contribution >= 0.6 is 22.9 Å². The molecule has 98 valence electrons. The maximum absolute atomic E-state index is 5.97. The Labute approximate surface area is 121 Å². The van der Waals surface area contributed by atoms with E-state index in [4.69, 9.17) is 16.3 Å².